The number of anilines is 1. The molecule has 0 saturated carbocycles. The van der Waals surface area contributed by atoms with E-state index >= 15 is 0 Å². The Balaban J connectivity index is 1.64. The van der Waals surface area contributed by atoms with Gasteiger partial charge in [0.1, 0.15) is 11.2 Å². The predicted octanol–water partition coefficient (Wildman–Crippen LogP) is 5.09. The summed E-state index contributed by atoms with van der Waals surface area (Å²) in [6.07, 6.45) is 1.69. The third-order valence-corrected chi connectivity index (χ3v) is 5.75. The number of thiophene rings is 1. The first kappa shape index (κ1) is 16.8. The molecule has 0 unspecified atom stereocenters. The van der Waals surface area contributed by atoms with Gasteiger partial charge in [0.2, 0.25) is 0 Å². The molecule has 4 rings (SSSR count). The molecular formula is C19H15ClN4OS. The summed E-state index contributed by atoms with van der Waals surface area (Å²) in [6, 6.07) is 15.3. The van der Waals surface area contributed by atoms with Gasteiger partial charge in [-0.25, -0.2) is 0 Å². The number of carbonyl (C=O) groups excluding carboxylic acids is 1. The van der Waals surface area contributed by atoms with Crippen LogP contribution in [0.2, 0.25) is 5.02 Å². The van der Waals surface area contributed by atoms with Crippen molar-refractivity contribution in [3.05, 3.63) is 64.8 Å². The van der Waals surface area contributed by atoms with Gasteiger partial charge < -0.3 is 9.88 Å². The van der Waals surface area contributed by atoms with Crippen LogP contribution < -0.4 is 5.32 Å². The molecule has 1 N–H and O–H groups in total. The number of amides is 1. The van der Waals surface area contributed by atoms with E-state index in [0.29, 0.717) is 15.6 Å². The molecule has 2 aromatic heterocycles. The lowest BCUT2D eigenvalue weighted by Crippen LogP contribution is -2.10. The van der Waals surface area contributed by atoms with Crippen molar-refractivity contribution in [1.82, 2.24) is 14.8 Å². The van der Waals surface area contributed by atoms with Crippen molar-refractivity contribution in [2.24, 2.45) is 0 Å². The van der Waals surface area contributed by atoms with Crippen LogP contribution in [0.5, 0.6) is 0 Å². The van der Waals surface area contributed by atoms with Crippen molar-refractivity contribution in [1.29, 1.82) is 0 Å². The van der Waals surface area contributed by atoms with E-state index in [1.165, 1.54) is 11.3 Å². The summed E-state index contributed by atoms with van der Waals surface area (Å²) in [5, 5.41) is 12.4. The van der Waals surface area contributed by atoms with Crippen LogP contribution in [0.15, 0.2) is 54.9 Å². The third kappa shape index (κ3) is 2.98. The second kappa shape index (κ2) is 6.90. The van der Waals surface area contributed by atoms with Gasteiger partial charge in [0.15, 0.2) is 5.82 Å². The number of halogens is 1. The molecule has 0 saturated heterocycles. The topological polar surface area (TPSA) is 59.8 Å². The predicted molar refractivity (Wildman–Crippen MR) is 106 cm³/mol. The summed E-state index contributed by atoms with van der Waals surface area (Å²) in [5.74, 6) is 0.550. The highest BCUT2D eigenvalue weighted by Gasteiger charge is 2.17. The zero-order valence-electron chi connectivity index (χ0n) is 13.9. The van der Waals surface area contributed by atoms with E-state index in [2.05, 4.69) is 15.5 Å². The molecule has 0 aliphatic carbocycles. The zero-order chi connectivity index (χ0) is 18.1. The average Bonchev–Trinajstić information content (AvgIpc) is 3.27. The summed E-state index contributed by atoms with van der Waals surface area (Å²) in [7, 11) is 0. The summed E-state index contributed by atoms with van der Waals surface area (Å²) < 4.78 is 2.94. The van der Waals surface area contributed by atoms with Gasteiger partial charge >= 0.3 is 0 Å². The molecule has 0 atom stereocenters. The summed E-state index contributed by atoms with van der Waals surface area (Å²) in [5.41, 5.74) is 1.58. The van der Waals surface area contributed by atoms with Crippen LogP contribution >= 0.6 is 22.9 Å². The molecule has 130 valence electrons. The van der Waals surface area contributed by atoms with Gasteiger partial charge in [-0.1, -0.05) is 41.9 Å². The van der Waals surface area contributed by atoms with Crippen molar-refractivity contribution in [2.75, 3.05) is 5.32 Å². The van der Waals surface area contributed by atoms with E-state index in [0.717, 1.165) is 28.0 Å². The second-order valence-electron chi connectivity index (χ2n) is 5.72. The second-order valence-corrected chi connectivity index (χ2v) is 7.15. The van der Waals surface area contributed by atoms with Crippen molar-refractivity contribution in [3.8, 4) is 11.4 Å². The Morgan fingerprint density at radius 3 is 2.88 bits per heavy atom. The number of rotatable bonds is 4. The number of fused-ring (bicyclic) bond motifs is 1. The standard InChI is InChI=1S/C19H15ClN4OS/c1-2-24-11-21-23-18(24)12-6-5-7-13(10-12)22-19(25)17-16(20)14-8-3-4-9-15(14)26-17/h3-11H,2H2,1H3,(H,22,25). The van der Waals surface area contributed by atoms with Crippen LogP contribution in [0.4, 0.5) is 5.69 Å². The molecule has 5 nitrogen and oxygen atoms in total. The first-order valence-corrected chi connectivity index (χ1v) is 9.33. The fourth-order valence-corrected chi connectivity index (χ4v) is 4.21. The van der Waals surface area contributed by atoms with Crippen molar-refractivity contribution in [2.45, 2.75) is 13.5 Å². The minimum absolute atomic E-state index is 0.217. The molecule has 0 fully saturated rings. The van der Waals surface area contributed by atoms with Crippen LogP contribution in [0.1, 0.15) is 16.6 Å². The lowest BCUT2D eigenvalue weighted by atomic mass is 10.2. The minimum atomic E-state index is -0.217. The van der Waals surface area contributed by atoms with Crippen molar-refractivity contribution >= 4 is 44.6 Å². The van der Waals surface area contributed by atoms with Gasteiger partial charge in [-0.3, -0.25) is 4.79 Å². The van der Waals surface area contributed by atoms with E-state index in [1.807, 2.05) is 60.0 Å². The number of nitrogens with zero attached hydrogens (tertiary/aromatic N) is 3. The summed E-state index contributed by atoms with van der Waals surface area (Å²) in [4.78, 5) is 13.2. The van der Waals surface area contributed by atoms with E-state index < -0.39 is 0 Å². The molecule has 2 heterocycles. The molecule has 0 spiro atoms. The zero-order valence-corrected chi connectivity index (χ0v) is 15.5. The molecule has 26 heavy (non-hydrogen) atoms. The highest BCUT2D eigenvalue weighted by Crippen LogP contribution is 2.35. The number of hydrogen-bond donors (Lipinski definition) is 1. The Hall–Kier alpha value is -2.70. The number of benzene rings is 2. The van der Waals surface area contributed by atoms with Gasteiger partial charge in [0, 0.05) is 27.9 Å². The molecule has 0 aliphatic rings. The normalized spacial score (nSPS) is 11.0. The van der Waals surface area contributed by atoms with Crippen LogP contribution in [0.3, 0.4) is 0 Å². The lowest BCUT2D eigenvalue weighted by molar-refractivity contribution is 0.103. The quantitative estimate of drug-likeness (QED) is 0.535. The first-order chi connectivity index (χ1) is 12.7. The van der Waals surface area contributed by atoms with Gasteiger partial charge in [0.05, 0.1) is 5.02 Å². The van der Waals surface area contributed by atoms with Crippen LogP contribution in [0, 0.1) is 0 Å². The largest absolute Gasteiger partial charge is 0.321 e. The average molecular weight is 383 g/mol. The number of hydrogen-bond acceptors (Lipinski definition) is 4. The molecule has 0 aliphatic heterocycles. The van der Waals surface area contributed by atoms with Gasteiger partial charge in [-0.15, -0.1) is 21.5 Å². The molecule has 7 heteroatoms. The maximum atomic E-state index is 12.7. The van der Waals surface area contributed by atoms with Gasteiger partial charge in [-0.05, 0) is 25.1 Å². The maximum Gasteiger partial charge on any atom is 0.267 e. The Morgan fingerprint density at radius 2 is 2.08 bits per heavy atom. The fourth-order valence-electron chi connectivity index (χ4n) is 2.79. The van der Waals surface area contributed by atoms with Crippen molar-refractivity contribution in [3.63, 3.8) is 0 Å². The fraction of sp³-hybridized carbons (Fsp3) is 0.105. The Labute approximate surface area is 159 Å². The first-order valence-electron chi connectivity index (χ1n) is 8.14. The molecule has 2 aromatic carbocycles. The maximum absolute atomic E-state index is 12.7. The highest BCUT2D eigenvalue weighted by atomic mass is 35.5. The number of aryl methyl sites for hydroxylation is 1. The SMILES string of the molecule is CCn1cnnc1-c1cccc(NC(=O)c2sc3ccccc3c2Cl)c1. The van der Waals surface area contributed by atoms with Gasteiger partial charge in [-0.2, -0.15) is 0 Å². The molecule has 4 aromatic rings. The lowest BCUT2D eigenvalue weighted by Gasteiger charge is -2.07. The molecule has 0 bridgehead atoms. The third-order valence-electron chi connectivity index (χ3n) is 4.08. The van der Waals surface area contributed by atoms with Crippen LogP contribution in [0.25, 0.3) is 21.5 Å². The summed E-state index contributed by atoms with van der Waals surface area (Å²) in [6.45, 7) is 2.80. The van der Waals surface area contributed by atoms with Crippen LogP contribution in [-0.4, -0.2) is 20.7 Å². The van der Waals surface area contributed by atoms with E-state index in [4.69, 9.17) is 11.6 Å². The van der Waals surface area contributed by atoms with E-state index in [1.54, 1.807) is 6.33 Å². The number of nitrogens with one attached hydrogen (secondary N) is 1. The van der Waals surface area contributed by atoms with Crippen LogP contribution in [-0.2, 0) is 6.54 Å². The Kier molecular flexibility index (Phi) is 4.44. The van der Waals surface area contributed by atoms with Crippen molar-refractivity contribution < 1.29 is 4.79 Å². The van der Waals surface area contributed by atoms with Gasteiger partial charge in [0.25, 0.3) is 5.91 Å². The van der Waals surface area contributed by atoms with E-state index in [-0.39, 0.29) is 5.91 Å². The molecular weight excluding hydrogens is 368 g/mol. The molecule has 0 radical (unpaired) electrons. The number of carbonyl (C=O) groups is 1. The minimum Gasteiger partial charge on any atom is -0.321 e. The Bertz CT molecular complexity index is 1100. The Morgan fingerprint density at radius 1 is 1.23 bits per heavy atom. The number of aromatic nitrogens is 3. The monoisotopic (exact) mass is 382 g/mol. The highest BCUT2D eigenvalue weighted by molar-refractivity contribution is 7.21. The van der Waals surface area contributed by atoms with E-state index in [9.17, 15) is 4.79 Å². The molecule has 1 amide bonds. The summed E-state index contributed by atoms with van der Waals surface area (Å²) >= 11 is 7.79. The smallest absolute Gasteiger partial charge is 0.267 e.